The van der Waals surface area contributed by atoms with Crippen molar-refractivity contribution in [2.24, 2.45) is 11.1 Å². The first-order valence-electron chi connectivity index (χ1n) is 6.01. The maximum atomic E-state index is 11.9. The third-order valence-corrected chi connectivity index (χ3v) is 3.91. The monoisotopic (exact) mass is 314 g/mol. The lowest BCUT2D eigenvalue weighted by atomic mass is 10.1. The summed E-state index contributed by atoms with van der Waals surface area (Å²) in [6.45, 7) is 0.173. The third-order valence-electron chi connectivity index (χ3n) is 2.97. The Bertz CT molecular complexity index is 658. The van der Waals surface area contributed by atoms with Crippen LogP contribution in [0.1, 0.15) is 16.8 Å². The molecular formula is C11H14N4O5S. The molecule has 0 bridgehead atoms. The van der Waals surface area contributed by atoms with Gasteiger partial charge in [-0.15, -0.1) is 0 Å². The SMILES string of the molecule is COC(=O)c1cnc(N2CC(CS(N)(=O)=O)CC2=O)nc1. The zero-order chi connectivity index (χ0) is 15.6. The largest absolute Gasteiger partial charge is 0.465 e. The van der Waals surface area contributed by atoms with Gasteiger partial charge < -0.3 is 4.74 Å². The summed E-state index contributed by atoms with van der Waals surface area (Å²) in [4.78, 5) is 32.2. The fourth-order valence-electron chi connectivity index (χ4n) is 2.10. The molecule has 1 aromatic rings. The van der Waals surface area contributed by atoms with Crippen molar-refractivity contribution in [3.8, 4) is 0 Å². The zero-order valence-corrected chi connectivity index (χ0v) is 12.0. The highest BCUT2D eigenvalue weighted by atomic mass is 32.2. The summed E-state index contributed by atoms with van der Waals surface area (Å²) >= 11 is 0. The minimum Gasteiger partial charge on any atom is -0.465 e. The van der Waals surface area contributed by atoms with Gasteiger partial charge in [0.1, 0.15) is 0 Å². The Labute approximate surface area is 121 Å². The van der Waals surface area contributed by atoms with Gasteiger partial charge in [-0.25, -0.2) is 28.3 Å². The molecule has 21 heavy (non-hydrogen) atoms. The van der Waals surface area contributed by atoms with Crippen LogP contribution in [-0.2, 0) is 19.6 Å². The van der Waals surface area contributed by atoms with Crippen molar-refractivity contribution in [1.82, 2.24) is 9.97 Å². The van der Waals surface area contributed by atoms with Crippen LogP contribution in [-0.4, -0.2) is 49.7 Å². The Hall–Kier alpha value is -2.07. The van der Waals surface area contributed by atoms with Gasteiger partial charge in [0.25, 0.3) is 0 Å². The number of rotatable bonds is 4. The average molecular weight is 314 g/mol. The number of nitrogens with two attached hydrogens (primary N) is 1. The van der Waals surface area contributed by atoms with E-state index in [2.05, 4.69) is 14.7 Å². The number of amides is 1. The normalized spacial score (nSPS) is 18.9. The number of sulfonamides is 1. The molecule has 10 heteroatoms. The molecule has 0 aromatic carbocycles. The van der Waals surface area contributed by atoms with Crippen molar-refractivity contribution in [2.75, 3.05) is 24.3 Å². The number of primary sulfonamides is 1. The fourth-order valence-corrected chi connectivity index (χ4v) is 2.98. The fraction of sp³-hybridized carbons (Fsp3) is 0.455. The second-order valence-electron chi connectivity index (χ2n) is 4.67. The van der Waals surface area contributed by atoms with Crippen molar-refractivity contribution in [1.29, 1.82) is 0 Å². The van der Waals surface area contributed by atoms with Crippen molar-refractivity contribution in [2.45, 2.75) is 6.42 Å². The summed E-state index contributed by atoms with van der Waals surface area (Å²) in [6, 6.07) is 0. The molecule has 1 unspecified atom stereocenters. The Morgan fingerprint density at radius 2 is 2.10 bits per heavy atom. The summed E-state index contributed by atoms with van der Waals surface area (Å²) in [5.41, 5.74) is 0.161. The molecule has 0 radical (unpaired) electrons. The molecule has 1 fully saturated rings. The van der Waals surface area contributed by atoms with E-state index in [4.69, 9.17) is 5.14 Å². The van der Waals surface area contributed by atoms with Crippen molar-refractivity contribution in [3.05, 3.63) is 18.0 Å². The molecule has 1 atom stereocenters. The molecule has 0 spiro atoms. The molecule has 1 amide bonds. The molecule has 1 aliphatic rings. The lowest BCUT2D eigenvalue weighted by molar-refractivity contribution is -0.117. The van der Waals surface area contributed by atoms with Crippen LogP contribution in [0.3, 0.4) is 0 Å². The first-order valence-corrected chi connectivity index (χ1v) is 7.73. The number of nitrogens with zero attached hydrogens (tertiary/aromatic N) is 3. The second kappa shape index (κ2) is 5.74. The number of esters is 1. The molecule has 9 nitrogen and oxygen atoms in total. The highest BCUT2D eigenvalue weighted by molar-refractivity contribution is 7.89. The van der Waals surface area contributed by atoms with Gasteiger partial charge in [-0.2, -0.15) is 0 Å². The van der Waals surface area contributed by atoms with E-state index in [-0.39, 0.29) is 36.1 Å². The van der Waals surface area contributed by atoms with E-state index in [9.17, 15) is 18.0 Å². The number of hydrogen-bond acceptors (Lipinski definition) is 7. The van der Waals surface area contributed by atoms with E-state index in [0.29, 0.717) is 0 Å². The molecule has 114 valence electrons. The number of anilines is 1. The molecule has 2 N–H and O–H groups in total. The second-order valence-corrected chi connectivity index (χ2v) is 6.33. The standard InChI is InChI=1S/C11H14N4O5S/c1-20-10(17)8-3-13-11(14-4-8)15-5-7(2-9(15)16)6-21(12,18)19/h3-4,7H,2,5-6H2,1H3,(H2,12,18,19). The minimum absolute atomic E-state index is 0.0680. The van der Waals surface area contributed by atoms with Gasteiger partial charge in [-0.1, -0.05) is 0 Å². The van der Waals surface area contributed by atoms with E-state index < -0.39 is 21.9 Å². The van der Waals surface area contributed by atoms with Gasteiger partial charge in [0.15, 0.2) is 0 Å². The van der Waals surface area contributed by atoms with Gasteiger partial charge >= 0.3 is 5.97 Å². The molecule has 2 rings (SSSR count). The van der Waals surface area contributed by atoms with Crippen LogP contribution in [0, 0.1) is 5.92 Å². The van der Waals surface area contributed by atoms with Gasteiger partial charge in [0.2, 0.25) is 21.9 Å². The number of hydrogen-bond donors (Lipinski definition) is 1. The van der Waals surface area contributed by atoms with Crippen LogP contribution in [0.25, 0.3) is 0 Å². The summed E-state index contributed by atoms with van der Waals surface area (Å²) in [7, 11) is -2.40. The molecule has 1 aromatic heterocycles. The van der Waals surface area contributed by atoms with E-state index in [1.54, 1.807) is 0 Å². The van der Waals surface area contributed by atoms with Gasteiger partial charge in [-0.3, -0.25) is 9.69 Å². The topological polar surface area (TPSA) is 133 Å². The lowest BCUT2D eigenvalue weighted by Gasteiger charge is -2.14. The summed E-state index contributed by atoms with van der Waals surface area (Å²) in [6.07, 6.45) is 2.56. The Morgan fingerprint density at radius 3 is 2.62 bits per heavy atom. The first-order chi connectivity index (χ1) is 9.80. The first kappa shape index (κ1) is 15.3. The number of carbonyl (C=O) groups excluding carboxylic acids is 2. The zero-order valence-electron chi connectivity index (χ0n) is 11.2. The molecule has 2 heterocycles. The Morgan fingerprint density at radius 1 is 1.48 bits per heavy atom. The van der Waals surface area contributed by atoms with Crippen LogP contribution in [0.4, 0.5) is 5.95 Å². The van der Waals surface area contributed by atoms with Crippen LogP contribution in [0.5, 0.6) is 0 Å². The average Bonchev–Trinajstić information content (AvgIpc) is 2.76. The van der Waals surface area contributed by atoms with E-state index in [0.717, 1.165) is 0 Å². The smallest absolute Gasteiger partial charge is 0.341 e. The van der Waals surface area contributed by atoms with Gasteiger partial charge in [0, 0.05) is 31.3 Å². The maximum absolute atomic E-state index is 11.9. The highest BCUT2D eigenvalue weighted by Gasteiger charge is 2.34. The quantitative estimate of drug-likeness (QED) is 0.698. The number of methoxy groups -OCH3 is 1. The highest BCUT2D eigenvalue weighted by Crippen LogP contribution is 2.22. The van der Waals surface area contributed by atoms with Crippen LogP contribution < -0.4 is 10.0 Å². The van der Waals surface area contributed by atoms with Crippen LogP contribution in [0.2, 0.25) is 0 Å². The van der Waals surface area contributed by atoms with Crippen LogP contribution in [0.15, 0.2) is 12.4 Å². The molecule has 0 aliphatic carbocycles. The molecule has 0 saturated carbocycles. The van der Waals surface area contributed by atoms with E-state index in [1.807, 2.05) is 0 Å². The van der Waals surface area contributed by atoms with Crippen LogP contribution >= 0.6 is 0 Å². The summed E-state index contributed by atoms with van der Waals surface area (Å²) in [5, 5.41) is 4.97. The molecule has 1 aliphatic heterocycles. The summed E-state index contributed by atoms with van der Waals surface area (Å²) < 4.78 is 26.6. The minimum atomic E-state index is -3.64. The van der Waals surface area contributed by atoms with Gasteiger partial charge in [0.05, 0.1) is 18.4 Å². The van der Waals surface area contributed by atoms with E-state index in [1.165, 1.54) is 24.4 Å². The third kappa shape index (κ3) is 3.73. The summed E-state index contributed by atoms with van der Waals surface area (Å²) in [5.74, 6) is -1.41. The predicted octanol–water partition coefficient (Wildman–Crippen LogP) is -1.10. The molecule has 1 saturated heterocycles. The number of ether oxygens (including phenoxy) is 1. The van der Waals surface area contributed by atoms with Gasteiger partial charge in [-0.05, 0) is 0 Å². The maximum Gasteiger partial charge on any atom is 0.341 e. The number of aromatic nitrogens is 2. The number of carbonyl (C=O) groups is 2. The van der Waals surface area contributed by atoms with Crippen molar-refractivity contribution >= 4 is 27.8 Å². The predicted molar refractivity (Wildman–Crippen MR) is 71.8 cm³/mol. The van der Waals surface area contributed by atoms with Crippen molar-refractivity contribution < 1.29 is 22.7 Å². The van der Waals surface area contributed by atoms with E-state index >= 15 is 0 Å². The Balaban J connectivity index is 2.12. The molecular weight excluding hydrogens is 300 g/mol. The lowest BCUT2D eigenvalue weighted by Crippen LogP contribution is -2.28. The Kier molecular flexibility index (Phi) is 4.19. The van der Waals surface area contributed by atoms with Crippen molar-refractivity contribution in [3.63, 3.8) is 0 Å².